The normalized spacial score (nSPS) is 14.1. The molecular formula is C10H18Cl3NO. The van der Waals surface area contributed by atoms with E-state index in [0.717, 1.165) is 19.3 Å². The van der Waals surface area contributed by atoms with Gasteiger partial charge in [0, 0.05) is 6.04 Å². The van der Waals surface area contributed by atoms with Crippen molar-refractivity contribution in [1.82, 2.24) is 5.32 Å². The molecule has 0 aromatic rings. The number of carbonyl (C=O) groups is 1. The molecule has 90 valence electrons. The first kappa shape index (κ1) is 15.3. The van der Waals surface area contributed by atoms with E-state index in [0.29, 0.717) is 5.92 Å². The first-order valence-electron chi connectivity index (χ1n) is 5.11. The molecule has 0 fully saturated rings. The first-order valence-corrected chi connectivity index (χ1v) is 6.24. The summed E-state index contributed by atoms with van der Waals surface area (Å²) in [6.45, 7) is 6.25. The van der Waals surface area contributed by atoms with E-state index in [1.807, 2.05) is 6.92 Å². The quantitative estimate of drug-likeness (QED) is 0.761. The Labute approximate surface area is 107 Å². The topological polar surface area (TPSA) is 29.1 Å². The van der Waals surface area contributed by atoms with Crippen LogP contribution in [0.1, 0.15) is 40.0 Å². The minimum Gasteiger partial charge on any atom is -0.350 e. The molecule has 2 nitrogen and oxygen atoms in total. The van der Waals surface area contributed by atoms with E-state index in [1.54, 1.807) is 0 Å². The Balaban J connectivity index is 3.75. The van der Waals surface area contributed by atoms with Crippen LogP contribution in [0.25, 0.3) is 0 Å². The molecule has 0 aliphatic heterocycles. The molecule has 0 aromatic carbocycles. The van der Waals surface area contributed by atoms with Crippen LogP contribution in [0.5, 0.6) is 0 Å². The SMILES string of the molecule is CC(C)CCC[C@H](C)NC(=O)C(Cl)(Cl)Cl. The van der Waals surface area contributed by atoms with E-state index < -0.39 is 9.70 Å². The van der Waals surface area contributed by atoms with Gasteiger partial charge in [-0.15, -0.1) is 0 Å². The molecule has 0 saturated heterocycles. The van der Waals surface area contributed by atoms with Gasteiger partial charge in [0.15, 0.2) is 0 Å². The van der Waals surface area contributed by atoms with E-state index in [9.17, 15) is 4.79 Å². The zero-order chi connectivity index (χ0) is 12.1. The summed E-state index contributed by atoms with van der Waals surface area (Å²) in [6, 6.07) is 0.0480. The fourth-order valence-corrected chi connectivity index (χ4v) is 1.37. The van der Waals surface area contributed by atoms with E-state index in [1.165, 1.54) is 0 Å². The van der Waals surface area contributed by atoms with Gasteiger partial charge in [0.1, 0.15) is 0 Å². The molecule has 0 bridgehead atoms. The molecule has 0 heterocycles. The van der Waals surface area contributed by atoms with E-state index >= 15 is 0 Å². The Morgan fingerprint density at radius 2 is 1.73 bits per heavy atom. The zero-order valence-electron chi connectivity index (χ0n) is 9.32. The maximum atomic E-state index is 11.3. The van der Waals surface area contributed by atoms with Gasteiger partial charge < -0.3 is 5.32 Å². The summed E-state index contributed by atoms with van der Waals surface area (Å²) in [4.78, 5) is 11.3. The van der Waals surface area contributed by atoms with Crippen LogP contribution in [0.3, 0.4) is 0 Å². The Morgan fingerprint density at radius 3 is 2.13 bits per heavy atom. The summed E-state index contributed by atoms with van der Waals surface area (Å²) in [5.74, 6) is 0.130. The van der Waals surface area contributed by atoms with Gasteiger partial charge in [-0.05, 0) is 19.3 Å². The maximum Gasteiger partial charge on any atom is 0.272 e. The lowest BCUT2D eigenvalue weighted by Crippen LogP contribution is -2.40. The molecule has 1 N–H and O–H groups in total. The number of rotatable bonds is 5. The molecule has 0 aliphatic carbocycles. The van der Waals surface area contributed by atoms with Crippen molar-refractivity contribution in [2.24, 2.45) is 5.92 Å². The van der Waals surface area contributed by atoms with Gasteiger partial charge in [0.25, 0.3) is 9.70 Å². The third-order valence-electron chi connectivity index (χ3n) is 2.05. The smallest absolute Gasteiger partial charge is 0.272 e. The zero-order valence-corrected chi connectivity index (χ0v) is 11.6. The molecule has 5 heteroatoms. The van der Waals surface area contributed by atoms with Crippen molar-refractivity contribution in [1.29, 1.82) is 0 Å². The number of nitrogens with one attached hydrogen (secondary N) is 1. The van der Waals surface area contributed by atoms with Crippen LogP contribution < -0.4 is 5.32 Å². The van der Waals surface area contributed by atoms with Gasteiger partial charge in [-0.1, -0.05) is 61.5 Å². The summed E-state index contributed by atoms with van der Waals surface area (Å²) in [5, 5.41) is 2.66. The molecule has 0 radical (unpaired) electrons. The standard InChI is InChI=1S/C10H18Cl3NO/c1-7(2)5-4-6-8(3)14-9(15)10(11,12)13/h7-8H,4-6H2,1-3H3,(H,14,15)/t8-/m0/s1. The van der Waals surface area contributed by atoms with Crippen LogP contribution in [0.15, 0.2) is 0 Å². The predicted molar refractivity (Wildman–Crippen MR) is 66.6 cm³/mol. The molecule has 15 heavy (non-hydrogen) atoms. The Bertz CT molecular complexity index is 201. The number of amides is 1. The Kier molecular flexibility index (Phi) is 6.98. The number of halogens is 3. The van der Waals surface area contributed by atoms with Crippen LogP contribution in [-0.2, 0) is 4.79 Å². The minimum atomic E-state index is -1.85. The maximum absolute atomic E-state index is 11.3. The van der Waals surface area contributed by atoms with Gasteiger partial charge in [-0.25, -0.2) is 0 Å². The Hall–Kier alpha value is 0.340. The summed E-state index contributed by atoms with van der Waals surface area (Å²) in [7, 11) is 0. The van der Waals surface area contributed by atoms with Crippen molar-refractivity contribution in [2.75, 3.05) is 0 Å². The molecule has 0 spiro atoms. The molecule has 0 saturated carbocycles. The minimum absolute atomic E-state index is 0.0480. The highest BCUT2D eigenvalue weighted by molar-refractivity contribution is 6.76. The van der Waals surface area contributed by atoms with Crippen LogP contribution in [-0.4, -0.2) is 15.7 Å². The van der Waals surface area contributed by atoms with Crippen molar-refractivity contribution < 1.29 is 4.79 Å². The summed E-state index contributed by atoms with van der Waals surface area (Å²) in [6.07, 6.45) is 3.12. The van der Waals surface area contributed by atoms with Crippen LogP contribution >= 0.6 is 34.8 Å². The number of carbonyl (C=O) groups excluding carboxylic acids is 1. The molecule has 1 atom stereocenters. The van der Waals surface area contributed by atoms with Gasteiger partial charge in [0.2, 0.25) is 0 Å². The molecule has 0 aromatic heterocycles. The van der Waals surface area contributed by atoms with Gasteiger partial charge in [0.05, 0.1) is 0 Å². The third kappa shape index (κ3) is 8.18. The van der Waals surface area contributed by atoms with Crippen LogP contribution in [0, 0.1) is 5.92 Å². The van der Waals surface area contributed by atoms with Gasteiger partial charge in [-0.2, -0.15) is 0 Å². The van der Waals surface area contributed by atoms with E-state index in [-0.39, 0.29) is 6.04 Å². The third-order valence-corrected chi connectivity index (χ3v) is 2.57. The lowest BCUT2D eigenvalue weighted by atomic mass is 10.0. The molecule has 0 aliphatic rings. The van der Waals surface area contributed by atoms with Crippen molar-refractivity contribution in [3.05, 3.63) is 0 Å². The van der Waals surface area contributed by atoms with Crippen molar-refractivity contribution >= 4 is 40.7 Å². The average molecular weight is 275 g/mol. The molecule has 1 amide bonds. The fraction of sp³-hybridized carbons (Fsp3) is 0.900. The van der Waals surface area contributed by atoms with Crippen molar-refractivity contribution in [2.45, 2.75) is 49.9 Å². The van der Waals surface area contributed by atoms with Gasteiger partial charge >= 0.3 is 0 Å². The van der Waals surface area contributed by atoms with Crippen LogP contribution in [0.2, 0.25) is 0 Å². The second kappa shape index (κ2) is 6.82. The van der Waals surface area contributed by atoms with E-state index in [2.05, 4.69) is 19.2 Å². The van der Waals surface area contributed by atoms with E-state index in [4.69, 9.17) is 34.8 Å². The monoisotopic (exact) mass is 273 g/mol. The highest BCUT2D eigenvalue weighted by Crippen LogP contribution is 2.26. The lowest BCUT2D eigenvalue weighted by Gasteiger charge is -2.17. The summed E-state index contributed by atoms with van der Waals surface area (Å²) in [5.41, 5.74) is 0. The van der Waals surface area contributed by atoms with Crippen molar-refractivity contribution in [3.63, 3.8) is 0 Å². The Morgan fingerprint density at radius 1 is 1.20 bits per heavy atom. The number of hydrogen-bond acceptors (Lipinski definition) is 1. The lowest BCUT2D eigenvalue weighted by molar-refractivity contribution is -0.120. The molecule has 0 unspecified atom stereocenters. The number of hydrogen-bond donors (Lipinski definition) is 1. The fourth-order valence-electron chi connectivity index (χ4n) is 1.21. The molecule has 0 rings (SSSR count). The predicted octanol–water partition coefficient (Wildman–Crippen LogP) is 3.69. The van der Waals surface area contributed by atoms with Crippen molar-refractivity contribution in [3.8, 4) is 0 Å². The highest BCUT2D eigenvalue weighted by atomic mass is 35.6. The average Bonchev–Trinajstić information content (AvgIpc) is 2.01. The second-order valence-corrected chi connectivity index (χ2v) is 6.48. The van der Waals surface area contributed by atoms with Crippen LogP contribution in [0.4, 0.5) is 0 Å². The molecular weight excluding hydrogens is 256 g/mol. The summed E-state index contributed by atoms with van der Waals surface area (Å²) >= 11 is 16.3. The first-order chi connectivity index (χ1) is 6.73. The number of alkyl halides is 3. The highest BCUT2D eigenvalue weighted by Gasteiger charge is 2.31. The summed E-state index contributed by atoms with van der Waals surface area (Å²) < 4.78 is -1.85. The largest absolute Gasteiger partial charge is 0.350 e. The second-order valence-electron chi connectivity index (χ2n) is 4.20. The van der Waals surface area contributed by atoms with Gasteiger partial charge in [-0.3, -0.25) is 4.79 Å².